The van der Waals surface area contributed by atoms with Crippen LogP contribution in [0.1, 0.15) is 23.3 Å². The van der Waals surface area contributed by atoms with Crippen molar-refractivity contribution in [1.29, 1.82) is 0 Å². The van der Waals surface area contributed by atoms with Crippen molar-refractivity contribution in [3.05, 3.63) is 58.3 Å². The van der Waals surface area contributed by atoms with Gasteiger partial charge in [-0.25, -0.2) is 4.79 Å². The summed E-state index contributed by atoms with van der Waals surface area (Å²) in [4.78, 5) is 16.0. The van der Waals surface area contributed by atoms with Gasteiger partial charge < -0.3 is 9.84 Å². The van der Waals surface area contributed by atoms with E-state index in [4.69, 9.17) is 4.74 Å². The number of carbonyl (C=O) groups excluding carboxylic acids is 1. The molecule has 0 spiro atoms. The molecular weight excluding hydrogens is 334 g/mol. The number of ether oxygens (including phenoxy) is 1. The van der Waals surface area contributed by atoms with Crippen LogP contribution >= 0.6 is 11.3 Å². The maximum Gasteiger partial charge on any atom is 0.344 e. The summed E-state index contributed by atoms with van der Waals surface area (Å²) >= 11 is 1.39. The molecule has 1 aromatic heterocycles. The summed E-state index contributed by atoms with van der Waals surface area (Å²) in [6, 6.07) is 13.3. The third-order valence-corrected chi connectivity index (χ3v) is 6.44. The fraction of sp³-hybridized carbons (Fsp3) is 0.450. The summed E-state index contributed by atoms with van der Waals surface area (Å²) < 4.78 is 5.86. The fourth-order valence-corrected chi connectivity index (χ4v) is 4.76. The lowest BCUT2D eigenvalue weighted by atomic mass is 9.85. The predicted molar refractivity (Wildman–Crippen MR) is 97.4 cm³/mol. The van der Waals surface area contributed by atoms with Gasteiger partial charge in [-0.3, -0.25) is 4.90 Å². The molecule has 5 rings (SSSR count). The monoisotopic (exact) mass is 357 g/mol. The van der Waals surface area contributed by atoms with E-state index < -0.39 is 11.6 Å². The first-order chi connectivity index (χ1) is 12.1. The van der Waals surface area contributed by atoms with Crippen LogP contribution in [0, 0.1) is 5.92 Å². The van der Waals surface area contributed by atoms with Crippen molar-refractivity contribution < 1.29 is 14.6 Å². The van der Waals surface area contributed by atoms with Crippen LogP contribution < -0.4 is 0 Å². The smallest absolute Gasteiger partial charge is 0.344 e. The highest BCUT2D eigenvalue weighted by molar-refractivity contribution is 7.10. The molecule has 4 heterocycles. The molecule has 1 aromatic carbocycles. The highest BCUT2D eigenvalue weighted by Gasteiger charge is 2.44. The van der Waals surface area contributed by atoms with Crippen LogP contribution in [0.3, 0.4) is 0 Å². The Hall–Kier alpha value is -1.69. The molecule has 2 atom stereocenters. The van der Waals surface area contributed by atoms with Gasteiger partial charge in [0, 0.05) is 17.8 Å². The van der Waals surface area contributed by atoms with Crippen LogP contribution in [-0.4, -0.2) is 41.7 Å². The molecule has 4 nitrogen and oxygen atoms in total. The first kappa shape index (κ1) is 16.8. The molecule has 3 aliphatic rings. The summed E-state index contributed by atoms with van der Waals surface area (Å²) in [5, 5.41) is 13.2. The van der Waals surface area contributed by atoms with Crippen molar-refractivity contribution in [3.8, 4) is 0 Å². The highest BCUT2D eigenvalue weighted by atomic mass is 32.1. The number of benzene rings is 1. The van der Waals surface area contributed by atoms with Gasteiger partial charge in [0.2, 0.25) is 5.60 Å². The van der Waals surface area contributed by atoms with Crippen LogP contribution in [0.5, 0.6) is 0 Å². The Bertz CT molecular complexity index is 710. The molecule has 2 bridgehead atoms. The van der Waals surface area contributed by atoms with Crippen LogP contribution in [0.15, 0.2) is 47.8 Å². The summed E-state index contributed by atoms with van der Waals surface area (Å²) in [5.74, 6) is -0.0872. The van der Waals surface area contributed by atoms with E-state index in [1.807, 2.05) is 47.8 Å². The zero-order valence-electron chi connectivity index (χ0n) is 14.1. The van der Waals surface area contributed by atoms with Crippen molar-refractivity contribution in [2.45, 2.75) is 31.0 Å². The molecule has 25 heavy (non-hydrogen) atoms. The third-order valence-electron chi connectivity index (χ3n) is 5.42. The third kappa shape index (κ3) is 3.36. The van der Waals surface area contributed by atoms with Crippen molar-refractivity contribution >= 4 is 17.3 Å². The minimum absolute atomic E-state index is 0.0998. The van der Waals surface area contributed by atoms with Gasteiger partial charge in [0.1, 0.15) is 6.10 Å². The molecule has 1 N–H and O–H groups in total. The zero-order valence-corrected chi connectivity index (χ0v) is 15.0. The van der Waals surface area contributed by atoms with Crippen molar-refractivity contribution in [3.63, 3.8) is 0 Å². The molecule has 3 fully saturated rings. The number of nitrogens with zero attached hydrogens (tertiary/aromatic N) is 1. The van der Waals surface area contributed by atoms with Crippen molar-refractivity contribution in [2.24, 2.45) is 5.92 Å². The van der Waals surface area contributed by atoms with E-state index >= 15 is 0 Å². The maximum absolute atomic E-state index is 13.0. The molecule has 132 valence electrons. The highest BCUT2D eigenvalue weighted by Crippen LogP contribution is 2.35. The number of thiophene rings is 1. The van der Waals surface area contributed by atoms with Crippen molar-refractivity contribution in [1.82, 2.24) is 4.90 Å². The molecule has 3 saturated heterocycles. The lowest BCUT2D eigenvalue weighted by Crippen LogP contribution is -2.53. The standard InChI is InChI=1S/C20H23NO3S/c22-19(24-17-14-21-10-8-16(17)9-11-21)20(23,18-7-4-12-25-18)13-15-5-2-1-3-6-15/h1-7,12,16-17,23H,8-11,13-14H2. The average molecular weight is 357 g/mol. The van der Waals surface area contributed by atoms with Gasteiger partial charge in [0.25, 0.3) is 0 Å². The second-order valence-corrected chi connectivity index (χ2v) is 8.03. The number of piperidine rings is 3. The normalized spacial score (nSPS) is 27.6. The first-order valence-electron chi connectivity index (χ1n) is 8.89. The first-order valence-corrected chi connectivity index (χ1v) is 9.77. The summed E-state index contributed by atoms with van der Waals surface area (Å²) in [6.07, 6.45) is 2.29. The van der Waals surface area contributed by atoms with Gasteiger partial charge in [-0.2, -0.15) is 0 Å². The van der Waals surface area contributed by atoms with Crippen LogP contribution in [0.2, 0.25) is 0 Å². The summed E-state index contributed by atoms with van der Waals surface area (Å²) in [6.45, 7) is 2.98. The van der Waals surface area contributed by atoms with Gasteiger partial charge in [-0.15, -0.1) is 11.3 Å². The average Bonchev–Trinajstić information content (AvgIpc) is 3.19. The molecule has 2 aromatic rings. The Morgan fingerprint density at radius 1 is 1.20 bits per heavy atom. The van der Waals surface area contributed by atoms with Crippen LogP contribution in [-0.2, 0) is 21.6 Å². The molecule has 3 aliphatic heterocycles. The van der Waals surface area contributed by atoms with E-state index in [0.717, 1.165) is 38.0 Å². The second-order valence-electron chi connectivity index (χ2n) is 7.08. The van der Waals surface area contributed by atoms with Crippen LogP contribution in [0.25, 0.3) is 0 Å². The summed E-state index contributed by atoms with van der Waals surface area (Å²) in [7, 11) is 0. The Morgan fingerprint density at radius 3 is 2.56 bits per heavy atom. The molecule has 0 aliphatic carbocycles. The predicted octanol–water partition coefficient (Wildman–Crippen LogP) is 2.82. The SMILES string of the molecule is O=C(OC1CN2CCC1CC2)C(O)(Cc1ccccc1)c1cccs1. The molecule has 0 amide bonds. The number of rotatable bonds is 5. The molecule has 0 radical (unpaired) electrons. The van der Waals surface area contributed by atoms with E-state index in [1.54, 1.807) is 0 Å². The lowest BCUT2D eigenvalue weighted by Gasteiger charge is -2.44. The number of esters is 1. The van der Waals surface area contributed by atoms with Gasteiger partial charge in [0.15, 0.2) is 0 Å². The van der Waals surface area contributed by atoms with Gasteiger partial charge in [0.05, 0.1) is 0 Å². The fourth-order valence-electron chi connectivity index (χ4n) is 3.94. The lowest BCUT2D eigenvalue weighted by molar-refractivity contribution is -0.181. The molecule has 5 heteroatoms. The maximum atomic E-state index is 13.0. The number of fused-ring (bicyclic) bond motifs is 3. The number of hydrogen-bond donors (Lipinski definition) is 1. The number of aliphatic hydroxyl groups is 1. The number of hydrogen-bond acceptors (Lipinski definition) is 5. The van der Waals surface area contributed by atoms with Gasteiger partial charge in [-0.1, -0.05) is 36.4 Å². The Balaban J connectivity index is 1.56. The number of carbonyl (C=O) groups is 1. The van der Waals surface area contributed by atoms with E-state index in [-0.39, 0.29) is 12.5 Å². The zero-order chi connectivity index (χ0) is 17.3. The quantitative estimate of drug-likeness (QED) is 0.836. The molecular formula is C20H23NO3S. The van der Waals surface area contributed by atoms with Crippen LogP contribution in [0.4, 0.5) is 0 Å². The summed E-state index contributed by atoms with van der Waals surface area (Å²) in [5.41, 5.74) is -0.703. The molecule has 0 saturated carbocycles. The second kappa shape index (κ2) is 6.90. The van der Waals surface area contributed by atoms with Gasteiger partial charge in [-0.05, 0) is 48.9 Å². The Morgan fingerprint density at radius 2 is 1.96 bits per heavy atom. The molecule has 2 unspecified atom stereocenters. The Kier molecular flexibility index (Phi) is 4.63. The van der Waals surface area contributed by atoms with Gasteiger partial charge >= 0.3 is 5.97 Å². The minimum atomic E-state index is -1.62. The topological polar surface area (TPSA) is 49.8 Å². The van der Waals surface area contributed by atoms with E-state index in [1.165, 1.54) is 11.3 Å². The van der Waals surface area contributed by atoms with E-state index in [2.05, 4.69) is 4.90 Å². The largest absolute Gasteiger partial charge is 0.458 e. The van der Waals surface area contributed by atoms with E-state index in [0.29, 0.717) is 10.8 Å². The van der Waals surface area contributed by atoms with E-state index in [9.17, 15) is 9.90 Å². The Labute approximate surface area is 152 Å². The van der Waals surface area contributed by atoms with Crippen molar-refractivity contribution in [2.75, 3.05) is 19.6 Å². The minimum Gasteiger partial charge on any atom is -0.458 e.